The van der Waals surface area contributed by atoms with Crippen molar-refractivity contribution in [3.63, 3.8) is 0 Å². The number of fused-ring (bicyclic) bond motifs is 2. The monoisotopic (exact) mass is 338 g/mol. The predicted octanol–water partition coefficient (Wildman–Crippen LogP) is 4.58. The molecule has 1 aliphatic heterocycles. The van der Waals surface area contributed by atoms with Crippen molar-refractivity contribution in [2.75, 3.05) is 13.1 Å². The van der Waals surface area contributed by atoms with E-state index in [0.717, 1.165) is 25.9 Å². The molecule has 3 nitrogen and oxygen atoms in total. The maximum Gasteiger partial charge on any atom is 0.317 e. The summed E-state index contributed by atoms with van der Waals surface area (Å²) >= 11 is 1.68. The summed E-state index contributed by atoms with van der Waals surface area (Å²) in [5, 5.41) is 5.18. The minimum absolute atomic E-state index is 0.0565. The van der Waals surface area contributed by atoms with Crippen molar-refractivity contribution in [2.24, 2.45) is 0 Å². The first kappa shape index (κ1) is 15.5. The second kappa shape index (κ2) is 6.10. The lowest BCUT2D eigenvalue weighted by atomic mass is 9.74. The van der Waals surface area contributed by atoms with Crippen LogP contribution < -0.4 is 5.32 Å². The molecule has 1 aromatic carbocycles. The van der Waals surface area contributed by atoms with Crippen molar-refractivity contribution in [2.45, 2.75) is 31.2 Å². The zero-order valence-electron chi connectivity index (χ0n) is 13.9. The van der Waals surface area contributed by atoms with Gasteiger partial charge in [0.1, 0.15) is 0 Å². The highest BCUT2D eigenvalue weighted by Gasteiger charge is 2.38. The van der Waals surface area contributed by atoms with E-state index < -0.39 is 0 Å². The summed E-state index contributed by atoms with van der Waals surface area (Å²) in [4.78, 5) is 15.7. The van der Waals surface area contributed by atoms with Gasteiger partial charge >= 0.3 is 6.03 Å². The number of rotatable bonds is 2. The normalized spacial score (nSPS) is 19.3. The molecule has 2 aromatic rings. The molecule has 0 bridgehead atoms. The van der Waals surface area contributed by atoms with E-state index in [9.17, 15) is 4.79 Å². The van der Waals surface area contributed by atoms with Gasteiger partial charge in [-0.2, -0.15) is 0 Å². The van der Waals surface area contributed by atoms with Crippen LogP contribution in [0.2, 0.25) is 0 Å². The molecule has 2 aliphatic rings. The number of carbonyl (C=O) groups excluding carboxylic acids is 1. The Hall–Kier alpha value is -2.07. The van der Waals surface area contributed by atoms with Crippen LogP contribution in [0.25, 0.3) is 6.08 Å². The van der Waals surface area contributed by atoms with Gasteiger partial charge in [-0.05, 0) is 42.3 Å². The van der Waals surface area contributed by atoms with Gasteiger partial charge in [-0.1, -0.05) is 42.5 Å². The quantitative estimate of drug-likeness (QED) is 0.854. The number of benzene rings is 1. The maximum atomic E-state index is 12.6. The molecule has 0 radical (unpaired) electrons. The van der Waals surface area contributed by atoms with Crippen molar-refractivity contribution < 1.29 is 4.79 Å². The van der Waals surface area contributed by atoms with Crippen LogP contribution in [0.3, 0.4) is 0 Å². The number of likely N-dealkylation sites (tertiary alicyclic amines) is 1. The van der Waals surface area contributed by atoms with Crippen LogP contribution in [0.4, 0.5) is 4.79 Å². The zero-order valence-corrected chi connectivity index (χ0v) is 14.7. The highest BCUT2D eigenvalue weighted by atomic mass is 32.1. The summed E-state index contributed by atoms with van der Waals surface area (Å²) < 4.78 is 0. The average molecular weight is 338 g/mol. The minimum Gasteiger partial charge on any atom is -0.331 e. The second-order valence-electron chi connectivity index (χ2n) is 6.75. The molecule has 2 amide bonds. The van der Waals surface area contributed by atoms with Crippen LogP contribution in [0.5, 0.6) is 0 Å². The molecule has 1 atom stereocenters. The summed E-state index contributed by atoms with van der Waals surface area (Å²) in [6.45, 7) is 3.66. The van der Waals surface area contributed by atoms with Crippen molar-refractivity contribution >= 4 is 23.4 Å². The standard InChI is InChI=1S/C20H22N2OS/c1-15(18-7-4-14-24-18)21-19(23)22-12-10-20(11-13-22)9-8-16-5-2-3-6-17(16)20/h2-9,14-15H,10-13H2,1H3,(H,21,23)/t15-/m0/s1. The summed E-state index contributed by atoms with van der Waals surface area (Å²) in [6, 6.07) is 12.9. The average Bonchev–Trinajstić information content (AvgIpc) is 3.25. The molecule has 2 heterocycles. The fourth-order valence-electron chi connectivity index (χ4n) is 3.86. The number of carbonyl (C=O) groups is 1. The van der Waals surface area contributed by atoms with E-state index in [-0.39, 0.29) is 17.5 Å². The highest BCUT2D eigenvalue weighted by molar-refractivity contribution is 7.10. The molecular weight excluding hydrogens is 316 g/mol. The molecule has 124 valence electrons. The molecule has 4 heteroatoms. The van der Waals surface area contributed by atoms with Crippen molar-refractivity contribution in [3.8, 4) is 0 Å². The Morgan fingerprint density at radius 2 is 2.00 bits per heavy atom. The van der Waals surface area contributed by atoms with Gasteiger partial charge < -0.3 is 10.2 Å². The number of urea groups is 1. The van der Waals surface area contributed by atoms with Crippen LogP contribution in [0, 0.1) is 0 Å². The van der Waals surface area contributed by atoms with Gasteiger partial charge in [0.15, 0.2) is 0 Å². The topological polar surface area (TPSA) is 32.3 Å². The summed E-state index contributed by atoms with van der Waals surface area (Å²) in [7, 11) is 0. The Kier molecular flexibility index (Phi) is 3.93. The zero-order chi connectivity index (χ0) is 16.6. The van der Waals surface area contributed by atoms with Crippen LogP contribution in [-0.4, -0.2) is 24.0 Å². The number of nitrogens with zero attached hydrogens (tertiary/aromatic N) is 1. The van der Waals surface area contributed by atoms with Gasteiger partial charge in [-0.25, -0.2) is 4.79 Å². The van der Waals surface area contributed by atoms with Gasteiger partial charge in [-0.3, -0.25) is 0 Å². The molecule has 0 unspecified atom stereocenters. The largest absolute Gasteiger partial charge is 0.331 e. The lowest BCUT2D eigenvalue weighted by Crippen LogP contribution is -2.48. The number of piperidine rings is 1. The van der Waals surface area contributed by atoms with E-state index in [1.807, 2.05) is 23.3 Å². The molecule has 1 aromatic heterocycles. The third-order valence-electron chi connectivity index (χ3n) is 5.33. The van der Waals surface area contributed by atoms with Gasteiger partial charge in [0.25, 0.3) is 0 Å². The number of hydrogen-bond acceptors (Lipinski definition) is 2. The fourth-order valence-corrected chi connectivity index (χ4v) is 4.60. The van der Waals surface area contributed by atoms with Gasteiger partial charge in [0.2, 0.25) is 0 Å². The fraction of sp³-hybridized carbons (Fsp3) is 0.350. The summed E-state index contributed by atoms with van der Waals surface area (Å²) in [5.74, 6) is 0. The van der Waals surface area contributed by atoms with Crippen LogP contribution in [0.15, 0.2) is 47.9 Å². The third-order valence-corrected chi connectivity index (χ3v) is 6.39. The first-order valence-corrected chi connectivity index (χ1v) is 9.43. The first-order chi connectivity index (χ1) is 11.7. The van der Waals surface area contributed by atoms with Crippen molar-refractivity contribution in [1.29, 1.82) is 0 Å². The van der Waals surface area contributed by atoms with E-state index in [1.165, 1.54) is 16.0 Å². The first-order valence-electron chi connectivity index (χ1n) is 8.56. The Labute approximate surface area is 147 Å². The number of hydrogen-bond donors (Lipinski definition) is 1. The van der Waals surface area contributed by atoms with E-state index >= 15 is 0 Å². The number of nitrogens with one attached hydrogen (secondary N) is 1. The predicted molar refractivity (Wildman–Crippen MR) is 99.2 cm³/mol. The van der Waals surface area contributed by atoms with Gasteiger partial charge in [0, 0.05) is 23.4 Å². The van der Waals surface area contributed by atoms with Gasteiger partial charge in [-0.15, -0.1) is 11.3 Å². The third kappa shape index (κ3) is 2.65. The molecule has 4 rings (SSSR count). The van der Waals surface area contributed by atoms with E-state index in [4.69, 9.17) is 0 Å². The highest BCUT2D eigenvalue weighted by Crippen LogP contribution is 2.43. The van der Waals surface area contributed by atoms with Crippen LogP contribution in [0.1, 0.15) is 41.8 Å². The van der Waals surface area contributed by atoms with Gasteiger partial charge in [0.05, 0.1) is 6.04 Å². The Morgan fingerprint density at radius 3 is 2.75 bits per heavy atom. The summed E-state index contributed by atoms with van der Waals surface area (Å²) in [5.41, 5.74) is 2.89. The number of thiophene rings is 1. The Morgan fingerprint density at radius 1 is 1.21 bits per heavy atom. The van der Waals surface area contributed by atoms with E-state index in [1.54, 1.807) is 11.3 Å². The number of allylic oxidation sites excluding steroid dienone is 1. The SMILES string of the molecule is C[C@H](NC(=O)N1CCC2(C=Cc3ccccc32)CC1)c1cccs1. The smallest absolute Gasteiger partial charge is 0.317 e. The Bertz CT molecular complexity index is 758. The molecule has 1 saturated heterocycles. The van der Waals surface area contributed by atoms with Crippen LogP contribution >= 0.6 is 11.3 Å². The molecular formula is C20H22N2OS. The van der Waals surface area contributed by atoms with Crippen molar-refractivity contribution in [3.05, 3.63) is 63.9 Å². The molecule has 24 heavy (non-hydrogen) atoms. The molecule has 1 fully saturated rings. The molecule has 0 saturated carbocycles. The molecule has 1 N–H and O–H groups in total. The van der Waals surface area contributed by atoms with Crippen LogP contribution in [-0.2, 0) is 5.41 Å². The Balaban J connectivity index is 1.40. The second-order valence-corrected chi connectivity index (χ2v) is 7.73. The molecule has 1 aliphatic carbocycles. The van der Waals surface area contributed by atoms with Crippen molar-refractivity contribution in [1.82, 2.24) is 10.2 Å². The molecule has 1 spiro atoms. The number of amides is 2. The van der Waals surface area contributed by atoms with E-state index in [0.29, 0.717) is 0 Å². The lowest BCUT2D eigenvalue weighted by Gasteiger charge is -2.39. The van der Waals surface area contributed by atoms with E-state index in [2.05, 4.69) is 47.8 Å². The lowest BCUT2D eigenvalue weighted by molar-refractivity contribution is 0.168. The maximum absolute atomic E-state index is 12.6. The minimum atomic E-state index is 0.0565. The summed E-state index contributed by atoms with van der Waals surface area (Å²) in [6.07, 6.45) is 6.59.